The van der Waals surface area contributed by atoms with E-state index in [4.69, 9.17) is 0 Å². The molecule has 0 radical (unpaired) electrons. The van der Waals surface area contributed by atoms with Crippen molar-refractivity contribution in [1.29, 1.82) is 0 Å². The van der Waals surface area contributed by atoms with Crippen molar-refractivity contribution in [2.75, 3.05) is 0 Å². The number of hydrogen-bond donors (Lipinski definition) is 0. The topological polar surface area (TPSA) is 0 Å². The first kappa shape index (κ1) is 12.7. The standard InChI is InChI=1S/C13H26/c1-5-6-7-8-9-10-13(4)11-12(2)3/h13H,2,5-11H2,1,3-4H3. The van der Waals surface area contributed by atoms with Gasteiger partial charge in [-0.25, -0.2) is 0 Å². The van der Waals surface area contributed by atoms with Gasteiger partial charge in [-0.2, -0.15) is 0 Å². The summed E-state index contributed by atoms with van der Waals surface area (Å²) < 4.78 is 0. The molecule has 0 heteroatoms. The third kappa shape index (κ3) is 9.66. The summed E-state index contributed by atoms with van der Waals surface area (Å²) in [5.41, 5.74) is 1.33. The Morgan fingerprint density at radius 1 is 1.15 bits per heavy atom. The highest BCUT2D eigenvalue weighted by molar-refractivity contribution is 4.89. The zero-order valence-electron chi connectivity index (χ0n) is 9.73. The Balaban J connectivity index is 3.17. The molecule has 1 atom stereocenters. The monoisotopic (exact) mass is 182 g/mol. The highest BCUT2D eigenvalue weighted by Crippen LogP contribution is 2.17. The molecule has 0 N–H and O–H groups in total. The van der Waals surface area contributed by atoms with Crippen molar-refractivity contribution in [3.8, 4) is 0 Å². The lowest BCUT2D eigenvalue weighted by atomic mass is 9.96. The van der Waals surface area contributed by atoms with E-state index >= 15 is 0 Å². The van der Waals surface area contributed by atoms with Crippen LogP contribution in [-0.2, 0) is 0 Å². The predicted molar refractivity (Wildman–Crippen MR) is 62.0 cm³/mol. The highest BCUT2D eigenvalue weighted by Gasteiger charge is 2.01. The van der Waals surface area contributed by atoms with E-state index in [1.165, 1.54) is 50.5 Å². The molecule has 0 spiro atoms. The molecule has 0 aromatic rings. The number of rotatable bonds is 8. The van der Waals surface area contributed by atoms with Crippen molar-refractivity contribution in [1.82, 2.24) is 0 Å². The van der Waals surface area contributed by atoms with Crippen molar-refractivity contribution in [2.45, 2.75) is 65.7 Å². The Hall–Kier alpha value is -0.260. The van der Waals surface area contributed by atoms with Crippen LogP contribution in [0.3, 0.4) is 0 Å². The van der Waals surface area contributed by atoms with Gasteiger partial charge in [-0.1, -0.05) is 57.9 Å². The Labute approximate surface area is 84.4 Å². The van der Waals surface area contributed by atoms with Crippen LogP contribution in [0.2, 0.25) is 0 Å². The Bertz CT molecular complexity index is 124. The Kier molecular flexibility index (Phi) is 8.18. The molecular weight excluding hydrogens is 156 g/mol. The summed E-state index contributed by atoms with van der Waals surface area (Å²) in [5.74, 6) is 0.846. The van der Waals surface area contributed by atoms with Gasteiger partial charge < -0.3 is 0 Å². The van der Waals surface area contributed by atoms with Gasteiger partial charge in [0.05, 0.1) is 0 Å². The molecule has 0 saturated carbocycles. The molecule has 0 saturated heterocycles. The van der Waals surface area contributed by atoms with E-state index in [0.29, 0.717) is 0 Å². The lowest BCUT2D eigenvalue weighted by Gasteiger charge is -2.10. The molecule has 0 aliphatic carbocycles. The van der Waals surface area contributed by atoms with Crippen molar-refractivity contribution in [2.24, 2.45) is 5.92 Å². The summed E-state index contributed by atoms with van der Waals surface area (Å²) in [6.07, 6.45) is 9.62. The van der Waals surface area contributed by atoms with E-state index in [1.807, 2.05) is 0 Å². The van der Waals surface area contributed by atoms with Crippen LogP contribution in [0.5, 0.6) is 0 Å². The maximum absolute atomic E-state index is 3.95. The number of hydrogen-bond acceptors (Lipinski definition) is 0. The number of unbranched alkanes of at least 4 members (excludes halogenated alkanes) is 4. The van der Waals surface area contributed by atoms with Gasteiger partial charge in [0.25, 0.3) is 0 Å². The van der Waals surface area contributed by atoms with E-state index in [-0.39, 0.29) is 0 Å². The molecule has 0 aromatic heterocycles. The Morgan fingerprint density at radius 2 is 1.77 bits per heavy atom. The molecule has 0 nitrogen and oxygen atoms in total. The summed E-state index contributed by atoms with van der Waals surface area (Å²) in [6.45, 7) is 10.7. The molecule has 0 amide bonds. The van der Waals surface area contributed by atoms with E-state index in [9.17, 15) is 0 Å². The van der Waals surface area contributed by atoms with Crippen LogP contribution in [0.4, 0.5) is 0 Å². The molecule has 0 rings (SSSR count). The van der Waals surface area contributed by atoms with Crippen LogP contribution < -0.4 is 0 Å². The van der Waals surface area contributed by atoms with Crippen molar-refractivity contribution < 1.29 is 0 Å². The minimum absolute atomic E-state index is 0.846. The third-order valence-electron chi connectivity index (χ3n) is 2.50. The lowest BCUT2D eigenvalue weighted by molar-refractivity contribution is 0.482. The molecule has 78 valence electrons. The highest BCUT2D eigenvalue weighted by atomic mass is 14.1. The van der Waals surface area contributed by atoms with Crippen molar-refractivity contribution in [3.05, 3.63) is 12.2 Å². The first-order chi connectivity index (χ1) is 6.16. The first-order valence-corrected chi connectivity index (χ1v) is 5.81. The molecule has 0 bridgehead atoms. The fourth-order valence-electron chi connectivity index (χ4n) is 1.79. The van der Waals surface area contributed by atoms with E-state index in [2.05, 4.69) is 27.4 Å². The molecule has 0 aliphatic heterocycles. The fraction of sp³-hybridized carbons (Fsp3) is 0.846. The molecule has 0 fully saturated rings. The summed E-state index contributed by atoms with van der Waals surface area (Å²) >= 11 is 0. The van der Waals surface area contributed by atoms with Gasteiger partial charge in [0, 0.05) is 0 Å². The van der Waals surface area contributed by atoms with Crippen LogP contribution in [0.1, 0.15) is 65.7 Å². The molecule has 13 heavy (non-hydrogen) atoms. The lowest BCUT2D eigenvalue weighted by Crippen LogP contribution is -1.94. The normalized spacial score (nSPS) is 12.8. The maximum atomic E-state index is 3.95. The molecular formula is C13H26. The van der Waals surface area contributed by atoms with Gasteiger partial charge in [0.1, 0.15) is 0 Å². The quantitative estimate of drug-likeness (QED) is 0.368. The molecule has 1 unspecified atom stereocenters. The Morgan fingerprint density at radius 3 is 2.31 bits per heavy atom. The first-order valence-electron chi connectivity index (χ1n) is 5.81. The third-order valence-corrected chi connectivity index (χ3v) is 2.50. The van der Waals surface area contributed by atoms with Crippen LogP contribution in [0.15, 0.2) is 12.2 Å². The second-order valence-electron chi connectivity index (χ2n) is 4.47. The van der Waals surface area contributed by atoms with Crippen molar-refractivity contribution >= 4 is 0 Å². The zero-order valence-corrected chi connectivity index (χ0v) is 9.73. The van der Waals surface area contributed by atoms with Crippen LogP contribution in [0, 0.1) is 5.92 Å². The van der Waals surface area contributed by atoms with Crippen LogP contribution in [0.25, 0.3) is 0 Å². The van der Waals surface area contributed by atoms with Gasteiger partial charge >= 0.3 is 0 Å². The van der Waals surface area contributed by atoms with Gasteiger partial charge in [-0.15, -0.1) is 6.58 Å². The van der Waals surface area contributed by atoms with Crippen LogP contribution >= 0.6 is 0 Å². The average Bonchev–Trinajstić information content (AvgIpc) is 2.02. The smallest absolute Gasteiger partial charge is 0.0300 e. The molecule has 0 heterocycles. The largest absolute Gasteiger partial charge is 0.100 e. The second-order valence-corrected chi connectivity index (χ2v) is 4.47. The average molecular weight is 182 g/mol. The predicted octanol–water partition coefficient (Wildman–Crippen LogP) is 4.95. The van der Waals surface area contributed by atoms with Gasteiger partial charge in [0.2, 0.25) is 0 Å². The molecule has 0 aromatic carbocycles. The minimum Gasteiger partial charge on any atom is -0.100 e. The summed E-state index contributed by atoms with van der Waals surface area (Å²) in [7, 11) is 0. The summed E-state index contributed by atoms with van der Waals surface area (Å²) in [5, 5.41) is 0. The minimum atomic E-state index is 0.846. The van der Waals surface area contributed by atoms with Gasteiger partial charge in [-0.05, 0) is 19.3 Å². The summed E-state index contributed by atoms with van der Waals surface area (Å²) in [4.78, 5) is 0. The van der Waals surface area contributed by atoms with Gasteiger partial charge in [0.15, 0.2) is 0 Å². The van der Waals surface area contributed by atoms with E-state index < -0.39 is 0 Å². The van der Waals surface area contributed by atoms with Crippen molar-refractivity contribution in [3.63, 3.8) is 0 Å². The SMILES string of the molecule is C=C(C)CC(C)CCCCCCC. The van der Waals surface area contributed by atoms with E-state index in [1.54, 1.807) is 0 Å². The number of allylic oxidation sites excluding steroid dienone is 1. The van der Waals surface area contributed by atoms with Gasteiger partial charge in [-0.3, -0.25) is 0 Å². The fourth-order valence-corrected chi connectivity index (χ4v) is 1.79. The summed E-state index contributed by atoms with van der Waals surface area (Å²) in [6, 6.07) is 0. The second kappa shape index (κ2) is 8.34. The molecule has 0 aliphatic rings. The zero-order chi connectivity index (χ0) is 10.1. The van der Waals surface area contributed by atoms with E-state index in [0.717, 1.165) is 5.92 Å². The van der Waals surface area contributed by atoms with Crippen LogP contribution in [-0.4, -0.2) is 0 Å². The maximum Gasteiger partial charge on any atom is -0.0300 e.